The standard InChI is InChI=1S/C15H12F3N5O2S/c1-6-3-8(15(16,17)18)21-14-9(6)10(11(26-14)12(19)24)22-13(25)7-4-20-23(2)5-7/h3-5H,1-2H3,(H2,19,24)(H,22,25). The van der Waals surface area contributed by atoms with Crippen LogP contribution in [0.3, 0.4) is 0 Å². The fourth-order valence-electron chi connectivity index (χ4n) is 2.44. The molecule has 2 amide bonds. The van der Waals surface area contributed by atoms with Gasteiger partial charge in [-0.15, -0.1) is 11.3 Å². The third-order valence-corrected chi connectivity index (χ3v) is 4.68. The van der Waals surface area contributed by atoms with E-state index in [0.717, 1.165) is 6.07 Å². The third kappa shape index (κ3) is 3.12. The quantitative estimate of drug-likeness (QED) is 0.726. The summed E-state index contributed by atoms with van der Waals surface area (Å²) in [5.74, 6) is -1.44. The van der Waals surface area contributed by atoms with Crippen LogP contribution in [0.25, 0.3) is 10.2 Å². The molecule has 3 aromatic rings. The van der Waals surface area contributed by atoms with E-state index in [1.54, 1.807) is 7.05 Å². The second-order valence-electron chi connectivity index (χ2n) is 5.53. The van der Waals surface area contributed by atoms with Gasteiger partial charge in [-0.25, -0.2) is 4.98 Å². The number of aromatic nitrogens is 3. The predicted octanol–water partition coefficient (Wildman–Crippen LogP) is 2.71. The Kier molecular flexibility index (Phi) is 4.18. The van der Waals surface area contributed by atoms with E-state index in [0.29, 0.717) is 11.3 Å². The number of nitrogens with zero attached hydrogens (tertiary/aromatic N) is 3. The number of hydrogen-bond donors (Lipinski definition) is 2. The maximum Gasteiger partial charge on any atom is 0.433 e. The van der Waals surface area contributed by atoms with Gasteiger partial charge in [-0.1, -0.05) is 0 Å². The Morgan fingerprint density at radius 3 is 2.58 bits per heavy atom. The zero-order chi connectivity index (χ0) is 19.2. The number of carbonyl (C=O) groups is 2. The molecule has 0 aliphatic rings. The zero-order valence-corrected chi connectivity index (χ0v) is 14.3. The van der Waals surface area contributed by atoms with Crippen molar-refractivity contribution in [3.8, 4) is 0 Å². The van der Waals surface area contributed by atoms with Gasteiger partial charge < -0.3 is 11.1 Å². The van der Waals surface area contributed by atoms with Gasteiger partial charge in [-0.05, 0) is 18.6 Å². The summed E-state index contributed by atoms with van der Waals surface area (Å²) in [6, 6.07) is 0.861. The number of fused-ring (bicyclic) bond motifs is 1. The summed E-state index contributed by atoms with van der Waals surface area (Å²) in [7, 11) is 1.62. The Bertz CT molecular complexity index is 1040. The molecule has 0 atom stereocenters. The molecule has 136 valence electrons. The van der Waals surface area contributed by atoms with E-state index in [4.69, 9.17) is 5.73 Å². The number of rotatable bonds is 3. The highest BCUT2D eigenvalue weighted by Gasteiger charge is 2.34. The van der Waals surface area contributed by atoms with Crippen LogP contribution in [0.1, 0.15) is 31.3 Å². The Balaban J connectivity index is 2.15. The van der Waals surface area contributed by atoms with Crippen molar-refractivity contribution in [3.63, 3.8) is 0 Å². The van der Waals surface area contributed by atoms with Crippen LogP contribution in [0.5, 0.6) is 0 Å². The fourth-order valence-corrected chi connectivity index (χ4v) is 3.50. The largest absolute Gasteiger partial charge is 0.433 e. The topological polar surface area (TPSA) is 103 Å². The number of alkyl halides is 3. The summed E-state index contributed by atoms with van der Waals surface area (Å²) in [6.07, 6.45) is -1.85. The van der Waals surface area contributed by atoms with Crippen LogP contribution < -0.4 is 11.1 Å². The molecule has 0 aliphatic heterocycles. The third-order valence-electron chi connectivity index (χ3n) is 3.58. The van der Waals surface area contributed by atoms with Crippen molar-refractivity contribution < 1.29 is 22.8 Å². The number of hydrogen-bond acceptors (Lipinski definition) is 5. The summed E-state index contributed by atoms with van der Waals surface area (Å²) < 4.78 is 40.3. The van der Waals surface area contributed by atoms with Crippen LogP contribution in [-0.2, 0) is 13.2 Å². The maximum atomic E-state index is 13.0. The van der Waals surface area contributed by atoms with Crippen LogP contribution in [0.15, 0.2) is 18.5 Å². The van der Waals surface area contributed by atoms with Crippen molar-refractivity contribution in [2.75, 3.05) is 5.32 Å². The lowest BCUT2D eigenvalue weighted by molar-refractivity contribution is -0.141. The van der Waals surface area contributed by atoms with E-state index in [9.17, 15) is 22.8 Å². The van der Waals surface area contributed by atoms with E-state index < -0.39 is 23.7 Å². The van der Waals surface area contributed by atoms with Crippen LogP contribution in [0, 0.1) is 6.92 Å². The minimum Gasteiger partial charge on any atom is -0.365 e. The molecule has 3 rings (SSSR count). The van der Waals surface area contributed by atoms with Crippen molar-refractivity contribution in [1.29, 1.82) is 0 Å². The fraction of sp³-hybridized carbons (Fsp3) is 0.200. The highest BCUT2D eigenvalue weighted by atomic mass is 32.1. The van der Waals surface area contributed by atoms with Gasteiger partial charge in [-0.3, -0.25) is 14.3 Å². The predicted molar refractivity (Wildman–Crippen MR) is 89.0 cm³/mol. The Hall–Kier alpha value is -2.95. The molecular weight excluding hydrogens is 371 g/mol. The molecule has 0 aliphatic carbocycles. The number of nitrogens with one attached hydrogen (secondary N) is 1. The number of nitrogens with two attached hydrogens (primary N) is 1. The molecule has 3 aromatic heterocycles. The van der Waals surface area contributed by atoms with E-state index in [-0.39, 0.29) is 31.9 Å². The van der Waals surface area contributed by atoms with Crippen LogP contribution >= 0.6 is 11.3 Å². The van der Waals surface area contributed by atoms with Crippen molar-refractivity contribution in [3.05, 3.63) is 40.2 Å². The Morgan fingerprint density at radius 1 is 1.35 bits per heavy atom. The first kappa shape index (κ1) is 17.9. The van der Waals surface area contributed by atoms with Crippen LogP contribution in [0.4, 0.5) is 18.9 Å². The molecule has 26 heavy (non-hydrogen) atoms. The minimum absolute atomic E-state index is 0.0346. The Morgan fingerprint density at radius 2 is 2.04 bits per heavy atom. The highest BCUT2D eigenvalue weighted by Crippen LogP contribution is 2.39. The molecule has 0 aromatic carbocycles. The minimum atomic E-state index is -4.63. The van der Waals surface area contributed by atoms with Crippen LogP contribution in [-0.4, -0.2) is 26.6 Å². The first-order valence-electron chi connectivity index (χ1n) is 7.19. The molecular formula is C15H12F3N5O2S. The van der Waals surface area contributed by atoms with Gasteiger partial charge in [0, 0.05) is 18.6 Å². The van der Waals surface area contributed by atoms with Gasteiger partial charge in [0.15, 0.2) is 0 Å². The molecule has 11 heteroatoms. The summed E-state index contributed by atoms with van der Waals surface area (Å²) >= 11 is 0.698. The summed E-state index contributed by atoms with van der Waals surface area (Å²) in [6.45, 7) is 1.44. The van der Waals surface area contributed by atoms with Gasteiger partial charge in [0.1, 0.15) is 15.4 Å². The Labute approximate surface area is 148 Å². The zero-order valence-electron chi connectivity index (χ0n) is 13.5. The van der Waals surface area contributed by atoms with Crippen molar-refractivity contribution in [2.45, 2.75) is 13.1 Å². The average Bonchev–Trinajstić information content (AvgIpc) is 3.10. The lowest BCUT2D eigenvalue weighted by atomic mass is 10.1. The molecule has 3 N–H and O–H groups in total. The SMILES string of the molecule is Cc1cc(C(F)(F)F)nc2sc(C(N)=O)c(NC(=O)c3cnn(C)c3)c12. The van der Waals surface area contributed by atoms with Crippen molar-refractivity contribution in [1.82, 2.24) is 14.8 Å². The van der Waals surface area contributed by atoms with Crippen molar-refractivity contribution >= 4 is 39.1 Å². The lowest BCUT2D eigenvalue weighted by Gasteiger charge is -2.09. The second-order valence-corrected chi connectivity index (χ2v) is 6.53. The number of amides is 2. The molecule has 0 bridgehead atoms. The number of thiophene rings is 1. The molecule has 0 saturated carbocycles. The second kappa shape index (κ2) is 6.09. The van der Waals surface area contributed by atoms with Gasteiger partial charge >= 0.3 is 6.18 Å². The maximum absolute atomic E-state index is 13.0. The average molecular weight is 383 g/mol. The first-order valence-corrected chi connectivity index (χ1v) is 8.00. The summed E-state index contributed by atoms with van der Waals surface area (Å²) in [4.78, 5) is 27.6. The van der Waals surface area contributed by atoms with Gasteiger partial charge in [0.2, 0.25) is 0 Å². The molecule has 0 radical (unpaired) electrons. The van der Waals surface area contributed by atoms with E-state index >= 15 is 0 Å². The molecule has 7 nitrogen and oxygen atoms in total. The van der Waals surface area contributed by atoms with Crippen molar-refractivity contribution in [2.24, 2.45) is 12.8 Å². The smallest absolute Gasteiger partial charge is 0.365 e. The molecule has 0 spiro atoms. The van der Waals surface area contributed by atoms with Gasteiger partial charge in [0.05, 0.1) is 17.4 Å². The normalized spacial score (nSPS) is 11.7. The molecule has 0 saturated heterocycles. The molecule has 0 unspecified atom stereocenters. The van der Waals surface area contributed by atoms with E-state index in [1.165, 1.54) is 24.0 Å². The number of anilines is 1. The lowest BCUT2D eigenvalue weighted by Crippen LogP contribution is -2.16. The molecule has 3 heterocycles. The summed E-state index contributed by atoms with van der Waals surface area (Å²) in [5.41, 5.74) is 4.73. The number of aryl methyl sites for hydroxylation is 2. The van der Waals surface area contributed by atoms with Gasteiger partial charge in [0.25, 0.3) is 11.8 Å². The number of halogens is 3. The summed E-state index contributed by atoms with van der Waals surface area (Å²) in [5, 5.41) is 6.66. The van der Waals surface area contributed by atoms with Crippen LogP contribution in [0.2, 0.25) is 0 Å². The number of carbonyl (C=O) groups excluding carboxylic acids is 2. The number of primary amides is 1. The first-order chi connectivity index (χ1) is 12.1. The van der Waals surface area contributed by atoms with E-state index in [1.807, 2.05) is 0 Å². The monoisotopic (exact) mass is 383 g/mol. The van der Waals surface area contributed by atoms with Gasteiger partial charge in [-0.2, -0.15) is 18.3 Å². The number of pyridine rings is 1. The van der Waals surface area contributed by atoms with E-state index in [2.05, 4.69) is 15.4 Å². The molecule has 0 fully saturated rings. The highest BCUT2D eigenvalue weighted by molar-refractivity contribution is 7.21.